The van der Waals surface area contributed by atoms with E-state index in [9.17, 15) is 13.2 Å². The zero-order valence-corrected chi connectivity index (χ0v) is 12.4. The Morgan fingerprint density at radius 3 is 2.65 bits per heavy atom. The Hall–Kier alpha value is -0.290. The van der Waals surface area contributed by atoms with Crippen LogP contribution in [0.3, 0.4) is 0 Å². The van der Waals surface area contributed by atoms with Crippen LogP contribution in [0.25, 0.3) is 0 Å². The third kappa shape index (κ3) is 4.35. The second-order valence-corrected chi connectivity index (χ2v) is 6.39. The fourth-order valence-electron chi connectivity index (χ4n) is 3.67. The SMILES string of the molecule is CCCNC1CCCC1CN1CCCC(C(F)(F)F)C1. The van der Waals surface area contributed by atoms with Crippen LogP contribution in [0.4, 0.5) is 13.2 Å². The van der Waals surface area contributed by atoms with Crippen molar-refractivity contribution in [2.45, 2.75) is 57.7 Å². The van der Waals surface area contributed by atoms with Crippen molar-refractivity contribution in [2.75, 3.05) is 26.2 Å². The Labute approximate surface area is 120 Å². The summed E-state index contributed by atoms with van der Waals surface area (Å²) in [6.45, 7) is 5.06. The number of nitrogens with one attached hydrogen (secondary N) is 1. The minimum Gasteiger partial charge on any atom is -0.314 e. The lowest BCUT2D eigenvalue weighted by Crippen LogP contribution is -2.46. The minimum absolute atomic E-state index is 0.209. The smallest absolute Gasteiger partial charge is 0.314 e. The molecule has 1 N–H and O–H groups in total. The van der Waals surface area contributed by atoms with Crippen molar-refractivity contribution < 1.29 is 13.2 Å². The van der Waals surface area contributed by atoms with Crippen molar-refractivity contribution in [3.05, 3.63) is 0 Å². The van der Waals surface area contributed by atoms with Gasteiger partial charge in [-0.05, 0) is 51.1 Å². The molecule has 1 heterocycles. The van der Waals surface area contributed by atoms with E-state index < -0.39 is 12.1 Å². The van der Waals surface area contributed by atoms with Crippen molar-refractivity contribution in [3.8, 4) is 0 Å². The van der Waals surface area contributed by atoms with Gasteiger partial charge in [-0.15, -0.1) is 0 Å². The zero-order valence-electron chi connectivity index (χ0n) is 12.4. The van der Waals surface area contributed by atoms with E-state index in [1.165, 1.54) is 12.8 Å². The molecule has 118 valence electrons. The molecule has 0 aromatic carbocycles. The summed E-state index contributed by atoms with van der Waals surface area (Å²) in [6, 6.07) is 0.515. The summed E-state index contributed by atoms with van der Waals surface area (Å²) >= 11 is 0. The van der Waals surface area contributed by atoms with Crippen LogP contribution in [0, 0.1) is 11.8 Å². The maximum absolute atomic E-state index is 12.8. The molecule has 0 aromatic heterocycles. The number of rotatable bonds is 5. The first-order valence-corrected chi connectivity index (χ1v) is 8.03. The molecule has 3 atom stereocenters. The number of hydrogen-bond donors (Lipinski definition) is 1. The number of alkyl halides is 3. The molecule has 1 aliphatic heterocycles. The van der Waals surface area contributed by atoms with E-state index in [-0.39, 0.29) is 6.54 Å². The van der Waals surface area contributed by atoms with Gasteiger partial charge in [0, 0.05) is 19.1 Å². The van der Waals surface area contributed by atoms with Gasteiger partial charge in [0.05, 0.1) is 5.92 Å². The molecule has 5 heteroatoms. The van der Waals surface area contributed by atoms with Crippen LogP contribution in [-0.4, -0.2) is 43.3 Å². The van der Waals surface area contributed by atoms with Gasteiger partial charge in [0.25, 0.3) is 0 Å². The molecule has 0 bridgehead atoms. The summed E-state index contributed by atoms with van der Waals surface area (Å²) in [4.78, 5) is 2.05. The molecule has 2 nitrogen and oxygen atoms in total. The highest BCUT2D eigenvalue weighted by Gasteiger charge is 2.42. The average Bonchev–Trinajstić information content (AvgIpc) is 2.83. The van der Waals surface area contributed by atoms with E-state index in [2.05, 4.69) is 17.1 Å². The van der Waals surface area contributed by atoms with Crippen LogP contribution < -0.4 is 5.32 Å². The topological polar surface area (TPSA) is 15.3 Å². The monoisotopic (exact) mass is 292 g/mol. The van der Waals surface area contributed by atoms with Crippen LogP contribution in [0.15, 0.2) is 0 Å². The molecule has 1 aliphatic carbocycles. The zero-order chi connectivity index (χ0) is 14.6. The first-order valence-electron chi connectivity index (χ1n) is 8.03. The second-order valence-electron chi connectivity index (χ2n) is 6.39. The summed E-state index contributed by atoms with van der Waals surface area (Å²) in [6.07, 6.45) is 1.64. The standard InChI is InChI=1S/C15H27F3N2/c1-2-8-19-14-7-3-5-12(14)10-20-9-4-6-13(11-20)15(16,17)18/h12-14,19H,2-11H2,1H3. The highest BCUT2D eigenvalue weighted by Crippen LogP contribution is 2.34. The summed E-state index contributed by atoms with van der Waals surface area (Å²) < 4.78 is 38.5. The molecular formula is C15H27F3N2. The molecule has 0 amide bonds. The average molecular weight is 292 g/mol. The first-order chi connectivity index (χ1) is 9.50. The lowest BCUT2D eigenvalue weighted by molar-refractivity contribution is -0.187. The van der Waals surface area contributed by atoms with E-state index in [1.807, 2.05) is 0 Å². The van der Waals surface area contributed by atoms with Crippen LogP contribution in [0.1, 0.15) is 45.4 Å². The van der Waals surface area contributed by atoms with Gasteiger partial charge in [-0.2, -0.15) is 13.2 Å². The predicted octanol–water partition coefficient (Wildman–Crippen LogP) is 3.43. The fraction of sp³-hybridized carbons (Fsp3) is 1.00. The molecule has 3 unspecified atom stereocenters. The van der Waals surface area contributed by atoms with Crippen molar-refractivity contribution in [1.29, 1.82) is 0 Å². The Morgan fingerprint density at radius 2 is 1.95 bits per heavy atom. The largest absolute Gasteiger partial charge is 0.393 e. The molecule has 1 saturated carbocycles. The van der Waals surface area contributed by atoms with Gasteiger partial charge >= 0.3 is 6.18 Å². The summed E-state index contributed by atoms with van der Waals surface area (Å²) in [5.41, 5.74) is 0. The highest BCUT2D eigenvalue weighted by molar-refractivity contribution is 4.87. The molecule has 2 fully saturated rings. The number of hydrogen-bond acceptors (Lipinski definition) is 2. The summed E-state index contributed by atoms with van der Waals surface area (Å²) in [5, 5.41) is 3.56. The van der Waals surface area contributed by atoms with Crippen molar-refractivity contribution in [1.82, 2.24) is 10.2 Å². The van der Waals surface area contributed by atoms with Crippen LogP contribution in [0.5, 0.6) is 0 Å². The van der Waals surface area contributed by atoms with Crippen molar-refractivity contribution in [3.63, 3.8) is 0 Å². The molecule has 2 rings (SSSR count). The molecule has 0 radical (unpaired) electrons. The number of likely N-dealkylation sites (tertiary alicyclic amines) is 1. The Morgan fingerprint density at radius 1 is 1.15 bits per heavy atom. The Bertz CT molecular complexity index is 293. The van der Waals surface area contributed by atoms with E-state index in [0.717, 1.165) is 32.5 Å². The fourth-order valence-corrected chi connectivity index (χ4v) is 3.67. The van der Waals surface area contributed by atoms with Crippen molar-refractivity contribution >= 4 is 0 Å². The van der Waals surface area contributed by atoms with E-state index in [4.69, 9.17) is 0 Å². The van der Waals surface area contributed by atoms with Crippen LogP contribution >= 0.6 is 0 Å². The van der Waals surface area contributed by atoms with Gasteiger partial charge in [-0.25, -0.2) is 0 Å². The number of halogens is 3. The number of nitrogens with zero attached hydrogens (tertiary/aromatic N) is 1. The van der Waals surface area contributed by atoms with E-state index in [1.54, 1.807) is 0 Å². The van der Waals surface area contributed by atoms with Crippen LogP contribution in [0.2, 0.25) is 0 Å². The third-order valence-electron chi connectivity index (χ3n) is 4.78. The maximum Gasteiger partial charge on any atom is 0.393 e. The summed E-state index contributed by atoms with van der Waals surface area (Å²) in [7, 11) is 0. The van der Waals surface area contributed by atoms with Crippen LogP contribution in [-0.2, 0) is 0 Å². The van der Waals surface area contributed by atoms with Gasteiger partial charge in [0.2, 0.25) is 0 Å². The molecule has 1 saturated heterocycles. The third-order valence-corrected chi connectivity index (χ3v) is 4.78. The van der Waals surface area contributed by atoms with E-state index >= 15 is 0 Å². The highest BCUT2D eigenvalue weighted by atomic mass is 19.4. The molecule has 0 aromatic rings. The van der Waals surface area contributed by atoms with Gasteiger partial charge in [0.15, 0.2) is 0 Å². The normalized spacial score (nSPS) is 32.7. The lowest BCUT2D eigenvalue weighted by Gasteiger charge is -2.36. The van der Waals surface area contributed by atoms with Gasteiger partial charge in [0.1, 0.15) is 0 Å². The predicted molar refractivity (Wildman–Crippen MR) is 74.6 cm³/mol. The minimum atomic E-state index is -4.02. The van der Waals surface area contributed by atoms with E-state index in [0.29, 0.717) is 24.8 Å². The maximum atomic E-state index is 12.8. The van der Waals surface area contributed by atoms with Gasteiger partial charge in [-0.3, -0.25) is 0 Å². The van der Waals surface area contributed by atoms with Gasteiger partial charge < -0.3 is 10.2 Å². The molecular weight excluding hydrogens is 265 g/mol. The molecule has 20 heavy (non-hydrogen) atoms. The van der Waals surface area contributed by atoms with Gasteiger partial charge in [-0.1, -0.05) is 13.3 Å². The number of piperidine rings is 1. The summed E-state index contributed by atoms with van der Waals surface area (Å²) in [5.74, 6) is -0.576. The molecule has 2 aliphatic rings. The second kappa shape index (κ2) is 7.12. The lowest BCUT2D eigenvalue weighted by atomic mass is 9.95. The quantitative estimate of drug-likeness (QED) is 0.835. The molecule has 0 spiro atoms. The Kier molecular flexibility index (Phi) is 5.73. The Balaban J connectivity index is 1.82. The van der Waals surface area contributed by atoms with Crippen molar-refractivity contribution in [2.24, 2.45) is 11.8 Å². The first kappa shape index (κ1) is 16.1.